The van der Waals surface area contributed by atoms with Crippen molar-refractivity contribution in [3.63, 3.8) is 0 Å². The first-order valence-corrected chi connectivity index (χ1v) is 8.88. The fourth-order valence-corrected chi connectivity index (χ4v) is 2.99. The molecule has 0 fully saturated rings. The van der Waals surface area contributed by atoms with E-state index in [1.165, 1.54) is 4.90 Å². The third kappa shape index (κ3) is 4.31. The Morgan fingerprint density at radius 3 is 2.59 bits per heavy atom. The van der Waals surface area contributed by atoms with Crippen molar-refractivity contribution >= 4 is 28.4 Å². The van der Waals surface area contributed by atoms with Crippen LogP contribution in [-0.2, 0) is 16.0 Å². The molecule has 0 bridgehead atoms. The third-order valence-corrected chi connectivity index (χ3v) is 4.74. The maximum atomic E-state index is 12.6. The monoisotopic (exact) mass is 361 g/mol. The number of pyridine rings is 1. The van der Waals surface area contributed by atoms with Gasteiger partial charge in [-0.15, -0.1) is 0 Å². The van der Waals surface area contributed by atoms with Crippen LogP contribution >= 0.6 is 0 Å². The van der Waals surface area contributed by atoms with E-state index in [1.807, 2.05) is 62.4 Å². The summed E-state index contributed by atoms with van der Waals surface area (Å²) in [6.45, 7) is 3.97. The van der Waals surface area contributed by atoms with Crippen molar-refractivity contribution in [3.05, 3.63) is 71.4 Å². The second-order valence-corrected chi connectivity index (χ2v) is 6.71. The van der Waals surface area contributed by atoms with Gasteiger partial charge in [0.15, 0.2) is 0 Å². The molecule has 3 rings (SSSR count). The first kappa shape index (κ1) is 18.6. The lowest BCUT2D eigenvalue weighted by molar-refractivity contribution is -0.132. The number of likely N-dealkylation sites (N-methyl/N-ethyl adjacent to an activating group) is 1. The molecule has 0 aliphatic heterocycles. The van der Waals surface area contributed by atoms with Gasteiger partial charge in [-0.2, -0.15) is 0 Å². The number of nitrogens with one attached hydrogen (secondary N) is 1. The Labute approximate surface area is 159 Å². The van der Waals surface area contributed by atoms with Crippen LogP contribution in [0.15, 0.2) is 54.7 Å². The molecular weight excluding hydrogens is 338 g/mol. The minimum Gasteiger partial charge on any atom is -0.336 e. The fraction of sp³-hybridized carbons (Fsp3) is 0.227. The summed E-state index contributed by atoms with van der Waals surface area (Å²) < 4.78 is 0. The predicted molar refractivity (Wildman–Crippen MR) is 108 cm³/mol. The summed E-state index contributed by atoms with van der Waals surface area (Å²) >= 11 is 0. The Kier molecular flexibility index (Phi) is 5.50. The van der Waals surface area contributed by atoms with E-state index in [0.717, 1.165) is 33.3 Å². The van der Waals surface area contributed by atoms with Gasteiger partial charge < -0.3 is 10.2 Å². The maximum Gasteiger partial charge on any atom is 0.243 e. The van der Waals surface area contributed by atoms with Crippen molar-refractivity contribution in [2.45, 2.75) is 20.3 Å². The highest BCUT2D eigenvalue weighted by Crippen LogP contribution is 2.18. The molecule has 5 heteroatoms. The predicted octanol–water partition coefficient (Wildman–Crippen LogP) is 3.49. The van der Waals surface area contributed by atoms with Crippen molar-refractivity contribution < 1.29 is 9.59 Å². The van der Waals surface area contributed by atoms with Crippen molar-refractivity contribution in [1.29, 1.82) is 0 Å². The van der Waals surface area contributed by atoms with Crippen LogP contribution in [0.5, 0.6) is 0 Å². The standard InChI is InChI=1S/C22H23N3O2/c1-15-7-4-11-19(16(15)2)24-20(26)14-25(3)21(27)13-18-9-5-8-17-10-6-12-23-22(17)18/h4-12H,13-14H2,1-3H3,(H,24,26). The number of aromatic nitrogens is 1. The number of aryl methyl sites for hydroxylation is 1. The number of nitrogens with zero attached hydrogens (tertiary/aromatic N) is 2. The largest absolute Gasteiger partial charge is 0.336 e. The first-order chi connectivity index (χ1) is 13.0. The number of hydrogen-bond acceptors (Lipinski definition) is 3. The normalized spacial score (nSPS) is 10.6. The molecule has 0 unspecified atom stereocenters. The average molecular weight is 361 g/mol. The number of rotatable bonds is 5. The molecule has 138 valence electrons. The summed E-state index contributed by atoms with van der Waals surface area (Å²) in [5, 5.41) is 3.88. The van der Waals surface area contributed by atoms with Gasteiger partial charge in [0.1, 0.15) is 0 Å². The van der Waals surface area contributed by atoms with Crippen LogP contribution in [0.1, 0.15) is 16.7 Å². The molecule has 27 heavy (non-hydrogen) atoms. The van der Waals surface area contributed by atoms with E-state index in [4.69, 9.17) is 0 Å². The van der Waals surface area contributed by atoms with Gasteiger partial charge in [0.05, 0.1) is 18.5 Å². The SMILES string of the molecule is Cc1cccc(NC(=O)CN(C)C(=O)Cc2cccc3cccnc23)c1C. The molecule has 3 aromatic rings. The lowest BCUT2D eigenvalue weighted by Gasteiger charge is -2.18. The third-order valence-electron chi connectivity index (χ3n) is 4.74. The molecule has 0 saturated carbocycles. The molecule has 2 amide bonds. The van der Waals surface area contributed by atoms with E-state index in [-0.39, 0.29) is 24.8 Å². The lowest BCUT2D eigenvalue weighted by Crippen LogP contribution is -2.36. The highest BCUT2D eigenvalue weighted by Gasteiger charge is 2.16. The van der Waals surface area contributed by atoms with E-state index >= 15 is 0 Å². The van der Waals surface area contributed by atoms with Gasteiger partial charge in [0.2, 0.25) is 11.8 Å². The second-order valence-electron chi connectivity index (χ2n) is 6.71. The number of para-hydroxylation sites is 1. The van der Waals surface area contributed by atoms with Crippen LogP contribution < -0.4 is 5.32 Å². The van der Waals surface area contributed by atoms with Crippen molar-refractivity contribution in [2.24, 2.45) is 0 Å². The Morgan fingerprint density at radius 1 is 1.04 bits per heavy atom. The number of fused-ring (bicyclic) bond motifs is 1. The van der Waals surface area contributed by atoms with Gasteiger partial charge >= 0.3 is 0 Å². The number of hydrogen-bond donors (Lipinski definition) is 1. The van der Waals surface area contributed by atoms with E-state index in [9.17, 15) is 9.59 Å². The molecule has 0 aliphatic rings. The van der Waals surface area contributed by atoms with Crippen LogP contribution in [0.4, 0.5) is 5.69 Å². The second kappa shape index (κ2) is 7.99. The lowest BCUT2D eigenvalue weighted by atomic mass is 10.1. The summed E-state index contributed by atoms with van der Waals surface area (Å²) in [4.78, 5) is 30.7. The smallest absolute Gasteiger partial charge is 0.243 e. The van der Waals surface area contributed by atoms with Crippen molar-refractivity contribution in [2.75, 3.05) is 18.9 Å². The Hall–Kier alpha value is -3.21. The van der Waals surface area contributed by atoms with E-state index in [2.05, 4.69) is 10.3 Å². The molecule has 0 atom stereocenters. The summed E-state index contributed by atoms with van der Waals surface area (Å²) in [6.07, 6.45) is 1.93. The fourth-order valence-electron chi connectivity index (χ4n) is 2.99. The zero-order chi connectivity index (χ0) is 19.4. The van der Waals surface area contributed by atoms with Crippen LogP contribution in [0.25, 0.3) is 10.9 Å². The highest BCUT2D eigenvalue weighted by atomic mass is 16.2. The number of anilines is 1. The Morgan fingerprint density at radius 2 is 1.78 bits per heavy atom. The first-order valence-electron chi connectivity index (χ1n) is 8.88. The summed E-state index contributed by atoms with van der Waals surface area (Å²) in [5.74, 6) is -0.333. The van der Waals surface area contributed by atoms with Crippen molar-refractivity contribution in [1.82, 2.24) is 9.88 Å². The summed E-state index contributed by atoms with van der Waals surface area (Å²) in [7, 11) is 1.64. The molecule has 1 aromatic heterocycles. The van der Waals surface area contributed by atoms with Gasteiger partial charge in [-0.05, 0) is 42.7 Å². The Balaban J connectivity index is 1.65. The van der Waals surface area contributed by atoms with Gasteiger partial charge in [0, 0.05) is 24.3 Å². The van der Waals surface area contributed by atoms with Crippen LogP contribution in [0.2, 0.25) is 0 Å². The minimum absolute atomic E-state index is 0.00437. The van der Waals surface area contributed by atoms with E-state index in [1.54, 1.807) is 13.2 Å². The Bertz CT molecular complexity index is 993. The topological polar surface area (TPSA) is 62.3 Å². The van der Waals surface area contributed by atoms with Gasteiger partial charge in [-0.25, -0.2) is 0 Å². The molecule has 0 saturated heterocycles. The van der Waals surface area contributed by atoms with Gasteiger partial charge in [-0.3, -0.25) is 14.6 Å². The zero-order valence-corrected chi connectivity index (χ0v) is 15.8. The van der Waals surface area contributed by atoms with E-state index < -0.39 is 0 Å². The number of carbonyl (C=O) groups excluding carboxylic acids is 2. The van der Waals surface area contributed by atoms with E-state index in [0.29, 0.717) is 0 Å². The number of amides is 2. The highest BCUT2D eigenvalue weighted by molar-refractivity contribution is 5.96. The molecule has 5 nitrogen and oxygen atoms in total. The molecule has 1 N–H and O–H groups in total. The minimum atomic E-state index is -0.212. The van der Waals surface area contributed by atoms with Crippen LogP contribution in [-0.4, -0.2) is 35.3 Å². The molecule has 0 aliphatic carbocycles. The molecule has 2 aromatic carbocycles. The van der Waals surface area contributed by atoms with Gasteiger partial charge in [0.25, 0.3) is 0 Å². The summed E-state index contributed by atoms with van der Waals surface area (Å²) in [6, 6.07) is 15.4. The number of carbonyl (C=O) groups is 2. The molecule has 0 radical (unpaired) electrons. The van der Waals surface area contributed by atoms with Crippen LogP contribution in [0.3, 0.4) is 0 Å². The average Bonchev–Trinajstić information content (AvgIpc) is 2.65. The maximum absolute atomic E-state index is 12.6. The van der Waals surface area contributed by atoms with Crippen LogP contribution in [0, 0.1) is 13.8 Å². The number of benzene rings is 2. The summed E-state index contributed by atoms with van der Waals surface area (Å²) in [5.41, 5.74) is 4.60. The molecule has 1 heterocycles. The molecular formula is C22H23N3O2. The van der Waals surface area contributed by atoms with Crippen molar-refractivity contribution in [3.8, 4) is 0 Å². The van der Waals surface area contributed by atoms with Gasteiger partial charge in [-0.1, -0.05) is 36.4 Å². The quantitative estimate of drug-likeness (QED) is 0.757. The zero-order valence-electron chi connectivity index (χ0n) is 15.8. The molecule has 0 spiro atoms.